The van der Waals surface area contributed by atoms with Gasteiger partial charge in [0.1, 0.15) is 17.0 Å². The number of anilines is 1. The number of nitrogens with zero attached hydrogens (tertiary/aromatic N) is 3. The molecule has 0 radical (unpaired) electrons. The van der Waals surface area contributed by atoms with Crippen LogP contribution < -0.4 is 5.32 Å². The molecule has 0 bridgehead atoms. The van der Waals surface area contributed by atoms with Crippen LogP contribution in [-0.2, 0) is 0 Å². The number of nitrogens with one attached hydrogen (secondary N) is 1. The highest BCUT2D eigenvalue weighted by Crippen LogP contribution is 2.31. The van der Waals surface area contributed by atoms with E-state index in [1.165, 1.54) is 5.56 Å². The van der Waals surface area contributed by atoms with Gasteiger partial charge in [0.15, 0.2) is 5.82 Å². The van der Waals surface area contributed by atoms with Crippen LogP contribution in [0, 0.1) is 6.92 Å². The molecule has 0 amide bonds. The Kier molecular flexibility index (Phi) is 4.77. The van der Waals surface area contributed by atoms with E-state index in [2.05, 4.69) is 39.5 Å². The summed E-state index contributed by atoms with van der Waals surface area (Å²) in [5.41, 5.74) is 4.11. The Morgan fingerprint density at radius 3 is 2.52 bits per heavy atom. The Morgan fingerprint density at radius 1 is 1.04 bits per heavy atom. The van der Waals surface area contributed by atoms with Gasteiger partial charge >= 0.3 is 0 Å². The van der Waals surface area contributed by atoms with E-state index in [1.807, 2.05) is 49.4 Å². The van der Waals surface area contributed by atoms with Crippen molar-refractivity contribution in [2.75, 3.05) is 11.9 Å². The van der Waals surface area contributed by atoms with Crippen molar-refractivity contribution in [3.8, 4) is 11.3 Å². The third-order valence-corrected chi connectivity index (χ3v) is 4.74. The molecule has 0 spiro atoms. The predicted octanol–water partition coefficient (Wildman–Crippen LogP) is 5.46. The van der Waals surface area contributed by atoms with Gasteiger partial charge in [-0.05, 0) is 30.5 Å². The highest BCUT2D eigenvalue weighted by atomic mass is 35.5. The maximum Gasteiger partial charge on any atom is 0.228 e. The number of hydrogen-bond acceptors (Lipinski definition) is 5. The third kappa shape index (κ3) is 3.64. The first kappa shape index (κ1) is 17.5. The van der Waals surface area contributed by atoms with Gasteiger partial charge in [0.25, 0.3) is 0 Å². The van der Waals surface area contributed by atoms with Gasteiger partial charge in [-0.25, -0.2) is 9.97 Å². The second kappa shape index (κ2) is 7.37. The van der Waals surface area contributed by atoms with Gasteiger partial charge in [-0.1, -0.05) is 66.1 Å². The number of aryl methyl sites for hydroxylation is 1. The van der Waals surface area contributed by atoms with Crippen molar-refractivity contribution < 1.29 is 4.52 Å². The van der Waals surface area contributed by atoms with Gasteiger partial charge < -0.3 is 9.84 Å². The second-order valence-corrected chi connectivity index (χ2v) is 6.96. The lowest BCUT2D eigenvalue weighted by Gasteiger charge is -2.13. The molecule has 4 rings (SSSR count). The lowest BCUT2D eigenvalue weighted by molar-refractivity contribution is 0.459. The molecule has 136 valence electrons. The largest absolute Gasteiger partial charge is 0.366 e. The SMILES string of the molecule is Cc1nc(NC[C@H](C)c2ccccc2)c2onc(-c3ccc(Cl)cc3)c2n1. The molecular formula is C21H19ClN4O. The molecular weight excluding hydrogens is 360 g/mol. The highest BCUT2D eigenvalue weighted by Gasteiger charge is 2.18. The van der Waals surface area contributed by atoms with Crippen molar-refractivity contribution in [3.63, 3.8) is 0 Å². The number of fused-ring (bicyclic) bond motifs is 1. The fourth-order valence-electron chi connectivity index (χ4n) is 3.01. The summed E-state index contributed by atoms with van der Waals surface area (Å²) in [6.07, 6.45) is 0. The van der Waals surface area contributed by atoms with Crippen LogP contribution in [0.15, 0.2) is 59.1 Å². The summed E-state index contributed by atoms with van der Waals surface area (Å²) >= 11 is 5.98. The fraction of sp³-hybridized carbons (Fsp3) is 0.190. The average molecular weight is 379 g/mol. The number of aromatic nitrogens is 3. The minimum atomic E-state index is 0.329. The first-order valence-electron chi connectivity index (χ1n) is 8.80. The van der Waals surface area contributed by atoms with E-state index < -0.39 is 0 Å². The molecule has 4 aromatic rings. The van der Waals surface area contributed by atoms with Crippen LogP contribution in [0.1, 0.15) is 24.2 Å². The Morgan fingerprint density at radius 2 is 1.78 bits per heavy atom. The van der Waals surface area contributed by atoms with Crippen molar-refractivity contribution in [2.45, 2.75) is 19.8 Å². The van der Waals surface area contributed by atoms with Gasteiger partial charge in [-0.3, -0.25) is 0 Å². The van der Waals surface area contributed by atoms with Gasteiger partial charge in [0.2, 0.25) is 5.58 Å². The minimum Gasteiger partial charge on any atom is -0.366 e. The molecule has 0 saturated carbocycles. The summed E-state index contributed by atoms with van der Waals surface area (Å²) in [6, 6.07) is 17.8. The van der Waals surface area contributed by atoms with E-state index in [0.29, 0.717) is 39.4 Å². The number of rotatable bonds is 5. The van der Waals surface area contributed by atoms with Crippen LogP contribution in [0.5, 0.6) is 0 Å². The van der Waals surface area contributed by atoms with Gasteiger partial charge in [0.05, 0.1) is 0 Å². The van der Waals surface area contributed by atoms with Crippen molar-refractivity contribution in [3.05, 3.63) is 71.0 Å². The molecule has 2 heterocycles. The molecule has 1 N–H and O–H groups in total. The van der Waals surface area contributed by atoms with E-state index in [4.69, 9.17) is 16.1 Å². The lowest BCUT2D eigenvalue weighted by atomic mass is 10.0. The topological polar surface area (TPSA) is 63.8 Å². The van der Waals surface area contributed by atoms with E-state index in [1.54, 1.807) is 0 Å². The lowest BCUT2D eigenvalue weighted by Crippen LogP contribution is -2.11. The fourth-order valence-corrected chi connectivity index (χ4v) is 3.14. The summed E-state index contributed by atoms with van der Waals surface area (Å²) in [4.78, 5) is 9.05. The Balaban J connectivity index is 1.65. The zero-order valence-electron chi connectivity index (χ0n) is 15.1. The molecule has 0 aliphatic carbocycles. The molecule has 0 aliphatic rings. The van der Waals surface area contributed by atoms with Crippen LogP contribution in [0.4, 0.5) is 5.82 Å². The smallest absolute Gasteiger partial charge is 0.228 e. The summed E-state index contributed by atoms with van der Waals surface area (Å²) < 4.78 is 5.59. The Labute approximate surface area is 162 Å². The third-order valence-electron chi connectivity index (χ3n) is 4.49. The van der Waals surface area contributed by atoms with Crippen molar-refractivity contribution in [1.29, 1.82) is 0 Å². The molecule has 2 aromatic heterocycles. The normalized spacial score (nSPS) is 12.3. The van der Waals surface area contributed by atoms with Crippen molar-refractivity contribution in [1.82, 2.24) is 15.1 Å². The molecule has 6 heteroatoms. The summed E-state index contributed by atoms with van der Waals surface area (Å²) in [5.74, 6) is 1.65. The molecule has 0 fully saturated rings. The number of hydrogen-bond donors (Lipinski definition) is 1. The molecule has 5 nitrogen and oxygen atoms in total. The maximum absolute atomic E-state index is 5.98. The zero-order chi connectivity index (χ0) is 18.8. The Bertz CT molecular complexity index is 1060. The first-order valence-corrected chi connectivity index (χ1v) is 9.18. The van der Waals surface area contributed by atoms with Crippen LogP contribution in [0.25, 0.3) is 22.4 Å². The van der Waals surface area contributed by atoms with E-state index in [0.717, 1.165) is 12.1 Å². The van der Waals surface area contributed by atoms with Crippen LogP contribution in [-0.4, -0.2) is 21.7 Å². The Hall–Kier alpha value is -2.92. The van der Waals surface area contributed by atoms with Gasteiger partial charge in [-0.15, -0.1) is 0 Å². The average Bonchev–Trinajstić information content (AvgIpc) is 3.11. The molecule has 0 saturated heterocycles. The first-order chi connectivity index (χ1) is 13.1. The molecule has 0 aliphatic heterocycles. The second-order valence-electron chi connectivity index (χ2n) is 6.53. The molecule has 27 heavy (non-hydrogen) atoms. The molecule has 0 unspecified atom stereocenters. The monoisotopic (exact) mass is 378 g/mol. The minimum absolute atomic E-state index is 0.329. The van der Waals surface area contributed by atoms with E-state index in [9.17, 15) is 0 Å². The van der Waals surface area contributed by atoms with E-state index in [-0.39, 0.29) is 0 Å². The van der Waals surface area contributed by atoms with Crippen LogP contribution >= 0.6 is 11.6 Å². The van der Waals surface area contributed by atoms with Crippen LogP contribution in [0.2, 0.25) is 5.02 Å². The zero-order valence-corrected chi connectivity index (χ0v) is 15.9. The van der Waals surface area contributed by atoms with Crippen molar-refractivity contribution in [2.24, 2.45) is 0 Å². The number of benzene rings is 2. The van der Waals surface area contributed by atoms with Crippen molar-refractivity contribution >= 4 is 28.5 Å². The summed E-state index contributed by atoms with van der Waals surface area (Å²) in [7, 11) is 0. The van der Waals surface area contributed by atoms with Gasteiger partial charge in [-0.2, -0.15) is 0 Å². The van der Waals surface area contributed by atoms with Gasteiger partial charge in [0, 0.05) is 17.1 Å². The maximum atomic E-state index is 5.98. The van der Waals surface area contributed by atoms with Crippen LogP contribution in [0.3, 0.4) is 0 Å². The number of halogens is 1. The molecule has 1 atom stereocenters. The summed E-state index contributed by atoms with van der Waals surface area (Å²) in [6.45, 7) is 4.77. The highest BCUT2D eigenvalue weighted by molar-refractivity contribution is 6.30. The quantitative estimate of drug-likeness (QED) is 0.499. The molecule has 2 aromatic carbocycles. The standard InChI is InChI=1S/C21H19ClN4O/c1-13(15-6-4-3-5-7-15)12-23-21-20-19(24-14(2)25-21)18(26-27-20)16-8-10-17(22)11-9-16/h3-11,13H,12H2,1-2H3,(H,23,24,25)/t13-/m0/s1. The van der Waals surface area contributed by atoms with E-state index >= 15 is 0 Å². The summed E-state index contributed by atoms with van der Waals surface area (Å²) in [5, 5.41) is 8.29. The predicted molar refractivity (Wildman–Crippen MR) is 108 cm³/mol.